The zero-order valence-corrected chi connectivity index (χ0v) is 9.66. The van der Waals surface area contributed by atoms with Gasteiger partial charge >= 0.3 is 0 Å². The average Bonchev–Trinajstić information content (AvgIpc) is 2.80. The summed E-state index contributed by atoms with van der Waals surface area (Å²) < 4.78 is 25.8. The second-order valence-corrected chi connectivity index (χ2v) is 5.12. The van der Waals surface area contributed by atoms with Crippen LogP contribution in [0.1, 0.15) is 13.3 Å². The van der Waals surface area contributed by atoms with Crippen LogP contribution in [0.3, 0.4) is 0 Å². The number of sulfonamides is 1. The molecule has 0 aliphatic carbocycles. The van der Waals surface area contributed by atoms with E-state index in [-0.39, 0.29) is 11.4 Å². The molecular weight excluding hydrogens is 234 g/mol. The molecule has 0 radical (unpaired) electrons. The van der Waals surface area contributed by atoms with Gasteiger partial charge in [-0.2, -0.15) is 4.72 Å². The zero-order valence-electron chi connectivity index (χ0n) is 8.84. The smallest absolute Gasteiger partial charge is 0.258 e. The summed E-state index contributed by atoms with van der Waals surface area (Å²) in [5.74, 6) is 0. The molecule has 8 heteroatoms. The van der Waals surface area contributed by atoms with Gasteiger partial charge in [0, 0.05) is 0 Å². The van der Waals surface area contributed by atoms with E-state index in [4.69, 9.17) is 10.2 Å². The summed E-state index contributed by atoms with van der Waals surface area (Å²) in [7, 11) is -3.80. The Bertz CT molecular complexity index is 402. The van der Waals surface area contributed by atoms with Crippen LogP contribution in [0.15, 0.2) is 17.6 Å². The third-order valence-electron chi connectivity index (χ3n) is 2.40. The highest BCUT2D eigenvalue weighted by Gasteiger charge is 2.33. The number of aromatic amines is 1. The van der Waals surface area contributed by atoms with Gasteiger partial charge in [0.05, 0.1) is 31.3 Å². The fourth-order valence-corrected chi connectivity index (χ4v) is 2.50. The van der Waals surface area contributed by atoms with Crippen LogP contribution in [0.25, 0.3) is 0 Å². The van der Waals surface area contributed by atoms with Gasteiger partial charge in [0.25, 0.3) is 10.0 Å². The summed E-state index contributed by atoms with van der Waals surface area (Å²) in [4.78, 5) is 6.04. The number of imidazole rings is 1. The van der Waals surface area contributed by atoms with Crippen molar-refractivity contribution in [1.82, 2.24) is 14.7 Å². The molecule has 0 spiro atoms. The van der Waals surface area contributed by atoms with Crippen LogP contribution in [0, 0.1) is 0 Å². The van der Waals surface area contributed by atoms with Crippen LogP contribution in [0.4, 0.5) is 0 Å². The number of H-pyrrole nitrogens is 1. The number of aliphatic hydroxyl groups is 2. The molecule has 1 aromatic rings. The Morgan fingerprint density at radius 1 is 1.50 bits per heavy atom. The van der Waals surface area contributed by atoms with E-state index in [1.807, 2.05) is 0 Å². The molecule has 0 saturated carbocycles. The lowest BCUT2D eigenvalue weighted by molar-refractivity contribution is 0.105. The third-order valence-corrected chi connectivity index (χ3v) is 3.90. The summed E-state index contributed by atoms with van der Waals surface area (Å²) in [5.41, 5.74) is -1.25. The number of hydrogen-bond acceptors (Lipinski definition) is 5. The molecule has 0 amide bonds. The normalized spacial score (nSPS) is 12.9. The van der Waals surface area contributed by atoms with Crippen molar-refractivity contribution >= 4 is 10.0 Å². The Hall–Kier alpha value is -0.960. The van der Waals surface area contributed by atoms with Crippen molar-refractivity contribution in [2.45, 2.75) is 23.9 Å². The highest BCUT2D eigenvalue weighted by atomic mass is 32.2. The molecule has 1 heterocycles. The Balaban J connectivity index is 2.96. The predicted octanol–water partition coefficient (Wildman–Crippen LogP) is -1.18. The van der Waals surface area contributed by atoms with Gasteiger partial charge in [0.2, 0.25) is 0 Å². The number of nitrogens with one attached hydrogen (secondary N) is 2. The lowest BCUT2D eigenvalue weighted by Crippen LogP contribution is -2.53. The number of hydrogen-bond donors (Lipinski definition) is 4. The highest BCUT2D eigenvalue weighted by molar-refractivity contribution is 7.89. The van der Waals surface area contributed by atoms with E-state index in [9.17, 15) is 8.42 Å². The molecule has 0 saturated heterocycles. The molecule has 92 valence electrons. The maximum absolute atomic E-state index is 11.8. The number of aromatic nitrogens is 2. The molecule has 16 heavy (non-hydrogen) atoms. The van der Waals surface area contributed by atoms with Crippen LogP contribution < -0.4 is 4.72 Å². The standard InChI is InChI=1S/C8H15N3O4S/c1-2-8(4-12,5-13)11-16(14,15)7-3-9-6-10-7/h3,6,11-13H,2,4-5H2,1H3,(H,9,10). The van der Waals surface area contributed by atoms with Crippen LogP contribution in [-0.4, -0.2) is 47.4 Å². The summed E-state index contributed by atoms with van der Waals surface area (Å²) in [6.45, 7) is 0.711. The van der Waals surface area contributed by atoms with Gasteiger partial charge < -0.3 is 15.2 Å². The minimum absolute atomic E-state index is 0.104. The van der Waals surface area contributed by atoms with Gasteiger partial charge in [-0.25, -0.2) is 13.4 Å². The third kappa shape index (κ3) is 2.59. The lowest BCUT2D eigenvalue weighted by Gasteiger charge is -2.28. The number of aliphatic hydroxyl groups excluding tert-OH is 2. The van der Waals surface area contributed by atoms with E-state index in [2.05, 4.69) is 14.7 Å². The van der Waals surface area contributed by atoms with Crippen LogP contribution in [-0.2, 0) is 10.0 Å². The minimum atomic E-state index is -3.80. The molecule has 1 aromatic heterocycles. The molecule has 0 aliphatic rings. The van der Waals surface area contributed by atoms with Crippen molar-refractivity contribution in [2.24, 2.45) is 0 Å². The summed E-state index contributed by atoms with van der Waals surface area (Å²) >= 11 is 0. The Morgan fingerprint density at radius 2 is 2.12 bits per heavy atom. The van der Waals surface area contributed by atoms with E-state index < -0.39 is 28.8 Å². The predicted molar refractivity (Wildman–Crippen MR) is 56.1 cm³/mol. The lowest BCUT2D eigenvalue weighted by atomic mass is 10.0. The molecule has 0 aliphatic heterocycles. The van der Waals surface area contributed by atoms with E-state index in [0.29, 0.717) is 0 Å². The van der Waals surface area contributed by atoms with Crippen LogP contribution in [0.5, 0.6) is 0 Å². The molecular formula is C8H15N3O4S. The van der Waals surface area contributed by atoms with E-state index in [1.165, 1.54) is 6.33 Å². The monoisotopic (exact) mass is 249 g/mol. The van der Waals surface area contributed by atoms with Crippen molar-refractivity contribution < 1.29 is 18.6 Å². The molecule has 0 unspecified atom stereocenters. The molecule has 4 N–H and O–H groups in total. The summed E-state index contributed by atoms with van der Waals surface area (Å²) in [5, 5.41) is 18.1. The first kappa shape index (κ1) is 13.1. The van der Waals surface area contributed by atoms with Gasteiger partial charge in [-0.05, 0) is 6.42 Å². The van der Waals surface area contributed by atoms with E-state index in [0.717, 1.165) is 6.20 Å². The minimum Gasteiger partial charge on any atom is -0.394 e. The van der Waals surface area contributed by atoms with Crippen molar-refractivity contribution in [3.63, 3.8) is 0 Å². The topological polar surface area (TPSA) is 115 Å². The second-order valence-electron chi connectivity index (χ2n) is 3.47. The first-order valence-corrected chi connectivity index (χ1v) is 6.22. The average molecular weight is 249 g/mol. The summed E-state index contributed by atoms with van der Waals surface area (Å²) in [6.07, 6.45) is 2.66. The van der Waals surface area contributed by atoms with E-state index >= 15 is 0 Å². The fraction of sp³-hybridized carbons (Fsp3) is 0.625. The largest absolute Gasteiger partial charge is 0.394 e. The van der Waals surface area contributed by atoms with Crippen LogP contribution >= 0.6 is 0 Å². The molecule has 0 aromatic carbocycles. The second kappa shape index (κ2) is 4.91. The maximum atomic E-state index is 11.8. The molecule has 7 nitrogen and oxygen atoms in total. The van der Waals surface area contributed by atoms with Crippen molar-refractivity contribution in [3.05, 3.63) is 12.5 Å². The van der Waals surface area contributed by atoms with Crippen molar-refractivity contribution in [1.29, 1.82) is 0 Å². The van der Waals surface area contributed by atoms with Gasteiger partial charge in [-0.15, -0.1) is 0 Å². The molecule has 1 rings (SSSR count). The molecule has 0 fully saturated rings. The van der Waals surface area contributed by atoms with Crippen molar-refractivity contribution in [3.8, 4) is 0 Å². The quantitative estimate of drug-likeness (QED) is 0.506. The number of nitrogens with zero attached hydrogens (tertiary/aromatic N) is 1. The zero-order chi connectivity index (χ0) is 12.2. The molecule has 0 bridgehead atoms. The van der Waals surface area contributed by atoms with Gasteiger partial charge in [0.15, 0.2) is 5.03 Å². The van der Waals surface area contributed by atoms with Gasteiger partial charge in [-0.3, -0.25) is 0 Å². The summed E-state index contributed by atoms with van der Waals surface area (Å²) in [6, 6.07) is 0. The highest BCUT2D eigenvalue weighted by Crippen LogP contribution is 2.13. The Kier molecular flexibility index (Phi) is 4.03. The van der Waals surface area contributed by atoms with Gasteiger partial charge in [-0.1, -0.05) is 6.92 Å². The fourth-order valence-electron chi connectivity index (χ4n) is 1.14. The van der Waals surface area contributed by atoms with Gasteiger partial charge in [0.1, 0.15) is 0 Å². The number of rotatable bonds is 6. The van der Waals surface area contributed by atoms with Crippen molar-refractivity contribution in [2.75, 3.05) is 13.2 Å². The Labute approximate surface area is 93.6 Å². The van der Waals surface area contributed by atoms with Crippen LogP contribution in [0.2, 0.25) is 0 Å². The first-order valence-electron chi connectivity index (χ1n) is 4.74. The Morgan fingerprint density at radius 3 is 2.50 bits per heavy atom. The van der Waals surface area contributed by atoms with E-state index in [1.54, 1.807) is 6.92 Å². The molecule has 0 atom stereocenters. The first-order chi connectivity index (χ1) is 7.49. The SMILES string of the molecule is CCC(CO)(CO)NS(=O)(=O)c1cnc[nH]1. The maximum Gasteiger partial charge on any atom is 0.258 e.